The Morgan fingerprint density at radius 2 is 2.32 bits per heavy atom. The van der Waals surface area contributed by atoms with Gasteiger partial charge in [-0.15, -0.1) is 11.3 Å². The molecule has 3 rings (SSSR count). The van der Waals surface area contributed by atoms with Crippen LogP contribution in [0.25, 0.3) is 0 Å². The van der Waals surface area contributed by atoms with Gasteiger partial charge in [-0.25, -0.2) is 14.9 Å². The highest BCUT2D eigenvalue weighted by atomic mass is 32.1. The summed E-state index contributed by atoms with van der Waals surface area (Å²) in [5.41, 5.74) is 0.506. The molecule has 3 heterocycles. The number of hydrogen-bond donors (Lipinski definition) is 2. The van der Waals surface area contributed by atoms with E-state index >= 15 is 0 Å². The van der Waals surface area contributed by atoms with Crippen LogP contribution >= 0.6 is 11.3 Å². The van der Waals surface area contributed by atoms with E-state index in [0.29, 0.717) is 12.4 Å². The van der Waals surface area contributed by atoms with Crippen LogP contribution in [-0.4, -0.2) is 44.1 Å². The zero-order valence-electron chi connectivity index (χ0n) is 12.7. The molecular weight excluding hydrogens is 302 g/mol. The van der Waals surface area contributed by atoms with Crippen molar-refractivity contribution in [1.82, 2.24) is 25.1 Å². The average molecular weight is 321 g/mol. The van der Waals surface area contributed by atoms with E-state index in [4.69, 9.17) is 0 Å². The zero-order valence-corrected chi connectivity index (χ0v) is 13.5. The van der Waals surface area contributed by atoms with E-state index < -0.39 is 0 Å². The van der Waals surface area contributed by atoms with E-state index in [1.165, 1.54) is 11.3 Å². The molecule has 7 nitrogen and oxygen atoms in total. The Morgan fingerprint density at radius 3 is 2.95 bits per heavy atom. The number of H-pyrrole nitrogens is 2. The Labute approximate surface area is 131 Å². The fourth-order valence-electron chi connectivity index (χ4n) is 2.81. The third-order valence-electron chi connectivity index (χ3n) is 3.95. The van der Waals surface area contributed by atoms with Crippen molar-refractivity contribution < 1.29 is 4.79 Å². The smallest absolute Gasteiger partial charge is 0.337 e. The number of amides is 1. The number of piperidine rings is 1. The molecule has 2 aromatic rings. The summed E-state index contributed by atoms with van der Waals surface area (Å²) < 4.78 is 0. The van der Waals surface area contributed by atoms with Gasteiger partial charge < -0.3 is 4.90 Å². The minimum Gasteiger partial charge on any atom is -0.337 e. The zero-order chi connectivity index (χ0) is 15.7. The number of nitrogens with zero attached hydrogens (tertiary/aromatic N) is 3. The Hall–Kier alpha value is -1.96. The highest BCUT2D eigenvalue weighted by Crippen LogP contribution is 2.27. The van der Waals surface area contributed by atoms with Crippen molar-refractivity contribution in [2.45, 2.75) is 39.0 Å². The number of nitrogens with one attached hydrogen (secondary N) is 2. The van der Waals surface area contributed by atoms with Crippen LogP contribution in [0.1, 0.15) is 51.9 Å². The molecule has 1 aliphatic heterocycles. The fourth-order valence-corrected chi connectivity index (χ4v) is 3.78. The Morgan fingerprint density at radius 1 is 1.50 bits per heavy atom. The maximum atomic E-state index is 12.7. The summed E-state index contributed by atoms with van der Waals surface area (Å²) in [6, 6.07) is 0. The van der Waals surface area contributed by atoms with Crippen LogP contribution in [0.5, 0.6) is 0 Å². The first-order chi connectivity index (χ1) is 10.6. The predicted octanol–water partition coefficient (Wildman–Crippen LogP) is 1.45. The highest BCUT2D eigenvalue weighted by molar-refractivity contribution is 7.13. The van der Waals surface area contributed by atoms with Gasteiger partial charge in [0.05, 0.1) is 10.7 Å². The molecule has 0 unspecified atom stereocenters. The first-order valence-electron chi connectivity index (χ1n) is 7.48. The van der Waals surface area contributed by atoms with Crippen molar-refractivity contribution in [3.63, 3.8) is 0 Å². The lowest BCUT2D eigenvalue weighted by Crippen LogP contribution is -2.39. The number of carbonyl (C=O) groups excluding carboxylic acids is 1. The molecule has 1 fully saturated rings. The average Bonchev–Trinajstić information content (AvgIpc) is 3.12. The van der Waals surface area contributed by atoms with E-state index in [1.54, 1.807) is 0 Å². The summed E-state index contributed by atoms with van der Waals surface area (Å²) in [5, 5.41) is 7.38. The molecule has 22 heavy (non-hydrogen) atoms. The maximum Gasteiger partial charge on any atom is 0.340 e. The van der Waals surface area contributed by atoms with Crippen molar-refractivity contribution in [3.05, 3.63) is 31.9 Å². The van der Waals surface area contributed by atoms with Gasteiger partial charge in [-0.2, -0.15) is 5.10 Å². The van der Waals surface area contributed by atoms with Gasteiger partial charge in [0.15, 0.2) is 0 Å². The number of aromatic nitrogens is 4. The van der Waals surface area contributed by atoms with Crippen molar-refractivity contribution in [2.75, 3.05) is 13.1 Å². The van der Waals surface area contributed by atoms with E-state index in [1.807, 2.05) is 18.7 Å². The fraction of sp³-hybridized carbons (Fsp3) is 0.571. The molecule has 0 spiro atoms. The summed E-state index contributed by atoms with van der Waals surface area (Å²) in [6.07, 6.45) is 2.67. The number of aromatic amines is 2. The first kappa shape index (κ1) is 15.0. The summed E-state index contributed by atoms with van der Waals surface area (Å²) in [5.74, 6) is 0.755. The second-order valence-electron chi connectivity index (χ2n) is 5.53. The van der Waals surface area contributed by atoms with Crippen molar-refractivity contribution in [1.29, 1.82) is 0 Å². The number of carbonyl (C=O) groups is 1. The number of likely N-dealkylation sites (tertiary alicyclic amines) is 1. The molecule has 1 amide bonds. The molecular formula is C14H19N5O2S. The standard InChI is InChI=1S/C14H19N5O2S/c1-3-10-15-8(2)11(22-10)13(20)19-6-4-5-9(7-19)12-16-14(21)18-17-12/h9H,3-7H2,1-2H3,(H2,16,17,18,21)/t9-/m1/s1. The lowest BCUT2D eigenvalue weighted by atomic mass is 9.97. The number of aryl methyl sites for hydroxylation is 2. The minimum atomic E-state index is -0.302. The molecule has 1 saturated heterocycles. The summed E-state index contributed by atoms with van der Waals surface area (Å²) >= 11 is 1.48. The molecule has 1 atom stereocenters. The molecule has 0 aromatic carbocycles. The van der Waals surface area contributed by atoms with Gasteiger partial charge in [0.25, 0.3) is 5.91 Å². The Kier molecular flexibility index (Phi) is 4.10. The van der Waals surface area contributed by atoms with Gasteiger partial charge in [0, 0.05) is 19.0 Å². The molecule has 2 aromatic heterocycles. The number of hydrogen-bond acceptors (Lipinski definition) is 5. The lowest BCUT2D eigenvalue weighted by Gasteiger charge is -2.31. The molecule has 0 saturated carbocycles. The minimum absolute atomic E-state index is 0.0392. The predicted molar refractivity (Wildman–Crippen MR) is 83.3 cm³/mol. The molecule has 0 aliphatic carbocycles. The molecule has 1 aliphatic rings. The van der Waals surface area contributed by atoms with Crippen molar-refractivity contribution in [3.8, 4) is 0 Å². The third-order valence-corrected chi connectivity index (χ3v) is 5.24. The molecule has 118 valence electrons. The topological polar surface area (TPSA) is 94.7 Å². The van der Waals surface area contributed by atoms with E-state index in [9.17, 15) is 9.59 Å². The van der Waals surface area contributed by atoms with Gasteiger partial charge in [-0.05, 0) is 26.2 Å². The van der Waals surface area contributed by atoms with Gasteiger partial charge >= 0.3 is 5.69 Å². The van der Waals surface area contributed by atoms with E-state index in [0.717, 1.165) is 41.4 Å². The lowest BCUT2D eigenvalue weighted by molar-refractivity contribution is 0.0708. The monoisotopic (exact) mass is 321 g/mol. The van der Waals surface area contributed by atoms with Crippen LogP contribution in [0.15, 0.2) is 4.79 Å². The first-order valence-corrected chi connectivity index (χ1v) is 8.30. The second kappa shape index (κ2) is 6.04. The third kappa shape index (κ3) is 2.83. The molecule has 2 N–H and O–H groups in total. The summed E-state index contributed by atoms with van der Waals surface area (Å²) in [7, 11) is 0. The number of thiazole rings is 1. The maximum absolute atomic E-state index is 12.7. The molecule has 8 heteroatoms. The molecule has 0 bridgehead atoms. The van der Waals surface area contributed by atoms with Crippen LogP contribution in [0, 0.1) is 6.92 Å². The quantitative estimate of drug-likeness (QED) is 0.894. The Bertz CT molecular complexity index is 732. The summed E-state index contributed by atoms with van der Waals surface area (Å²) in [4.78, 5) is 33.6. The van der Waals surface area contributed by atoms with Crippen molar-refractivity contribution in [2.24, 2.45) is 0 Å². The van der Waals surface area contributed by atoms with E-state index in [2.05, 4.69) is 20.2 Å². The van der Waals surface area contributed by atoms with E-state index in [-0.39, 0.29) is 17.5 Å². The van der Waals surface area contributed by atoms with Gasteiger partial charge in [-0.1, -0.05) is 6.92 Å². The van der Waals surface area contributed by atoms with Crippen molar-refractivity contribution >= 4 is 17.2 Å². The highest BCUT2D eigenvalue weighted by Gasteiger charge is 2.29. The van der Waals surface area contributed by atoms with Gasteiger partial charge in [0.1, 0.15) is 10.7 Å². The van der Waals surface area contributed by atoms with Crippen LogP contribution in [-0.2, 0) is 6.42 Å². The van der Waals surface area contributed by atoms with Crippen LogP contribution in [0.4, 0.5) is 0 Å². The van der Waals surface area contributed by atoms with Crippen LogP contribution in [0.3, 0.4) is 0 Å². The number of rotatable bonds is 3. The summed E-state index contributed by atoms with van der Waals surface area (Å²) in [6.45, 7) is 5.24. The normalized spacial score (nSPS) is 18.6. The Balaban J connectivity index is 1.77. The molecule has 0 radical (unpaired) electrons. The van der Waals surface area contributed by atoms with Crippen LogP contribution in [0.2, 0.25) is 0 Å². The van der Waals surface area contributed by atoms with Gasteiger partial charge in [0.2, 0.25) is 0 Å². The SMILES string of the molecule is CCc1nc(C)c(C(=O)N2CCC[C@@H](c3n[nH]c(=O)[nH]3)C2)s1. The second-order valence-corrected chi connectivity index (χ2v) is 6.61. The van der Waals surface area contributed by atoms with Gasteiger partial charge in [-0.3, -0.25) is 9.78 Å². The largest absolute Gasteiger partial charge is 0.340 e. The van der Waals surface area contributed by atoms with Crippen LogP contribution < -0.4 is 5.69 Å².